The number of aromatic nitrogens is 4. The summed E-state index contributed by atoms with van der Waals surface area (Å²) in [6.45, 7) is 2.45. The minimum absolute atomic E-state index is 0.0634. The highest BCUT2D eigenvalue weighted by atomic mass is 35.5. The second-order valence-corrected chi connectivity index (χ2v) is 7.73. The lowest BCUT2D eigenvalue weighted by Gasteiger charge is -2.31. The van der Waals surface area contributed by atoms with Gasteiger partial charge in [-0.25, -0.2) is 8.42 Å². The number of hydrogen-bond acceptors (Lipinski definition) is 5. The van der Waals surface area contributed by atoms with Gasteiger partial charge < -0.3 is 4.74 Å². The van der Waals surface area contributed by atoms with Crippen LogP contribution in [-0.4, -0.2) is 52.0 Å². The molecule has 1 fully saturated rings. The van der Waals surface area contributed by atoms with E-state index in [9.17, 15) is 8.42 Å². The maximum absolute atomic E-state index is 12.9. The Morgan fingerprint density at radius 2 is 2.13 bits per heavy atom. The Bertz CT molecular complexity index is 829. The Hall–Kier alpha value is -1.42. The third-order valence-electron chi connectivity index (χ3n) is 3.82. The van der Waals surface area contributed by atoms with Crippen molar-refractivity contribution in [3.63, 3.8) is 0 Å². The van der Waals surface area contributed by atoms with Gasteiger partial charge in [0, 0.05) is 38.9 Å². The number of morpholine rings is 1. The summed E-state index contributed by atoms with van der Waals surface area (Å²) in [7, 11) is -0.303. The lowest BCUT2D eigenvalue weighted by Crippen LogP contribution is -2.42. The Labute approximate surface area is 139 Å². The monoisotopic (exact) mass is 359 g/mol. The number of halogens is 1. The Kier molecular flexibility index (Phi) is 4.21. The van der Waals surface area contributed by atoms with Crippen LogP contribution < -0.4 is 0 Å². The molecule has 0 bridgehead atoms. The lowest BCUT2D eigenvalue weighted by molar-refractivity contribution is -0.00260. The number of aryl methyl sites for hydroxylation is 3. The molecule has 1 unspecified atom stereocenters. The van der Waals surface area contributed by atoms with Crippen molar-refractivity contribution in [3.05, 3.63) is 28.8 Å². The normalized spacial score (nSPS) is 20.1. The van der Waals surface area contributed by atoms with Crippen LogP contribution in [0, 0.1) is 6.92 Å². The fourth-order valence-electron chi connectivity index (χ4n) is 2.68. The van der Waals surface area contributed by atoms with E-state index in [4.69, 9.17) is 16.3 Å². The van der Waals surface area contributed by atoms with E-state index in [1.807, 2.05) is 6.20 Å². The van der Waals surface area contributed by atoms with Gasteiger partial charge in [-0.3, -0.25) is 9.36 Å². The molecule has 10 heteroatoms. The highest BCUT2D eigenvalue weighted by molar-refractivity contribution is 7.89. The van der Waals surface area contributed by atoms with E-state index >= 15 is 0 Å². The summed E-state index contributed by atoms with van der Waals surface area (Å²) >= 11 is 6.12. The van der Waals surface area contributed by atoms with Gasteiger partial charge in [0.15, 0.2) is 0 Å². The van der Waals surface area contributed by atoms with Crippen LogP contribution in [0.4, 0.5) is 0 Å². The molecule has 2 aromatic heterocycles. The van der Waals surface area contributed by atoms with Crippen molar-refractivity contribution >= 4 is 21.6 Å². The minimum atomic E-state index is -3.73. The van der Waals surface area contributed by atoms with Crippen molar-refractivity contribution < 1.29 is 13.2 Å². The van der Waals surface area contributed by atoms with Gasteiger partial charge in [0.1, 0.15) is 10.0 Å². The first-order valence-corrected chi connectivity index (χ1v) is 8.92. The number of ether oxygens (including phenoxy) is 1. The van der Waals surface area contributed by atoms with Gasteiger partial charge in [-0.2, -0.15) is 14.5 Å². The number of sulfonamides is 1. The Morgan fingerprint density at radius 3 is 2.70 bits per heavy atom. The predicted octanol–water partition coefficient (Wildman–Crippen LogP) is 0.878. The SMILES string of the molecule is Cc1nn(C)c(Cl)c1S(=O)(=O)N1CCOC(c2cnn(C)c2)C1. The molecule has 0 saturated carbocycles. The summed E-state index contributed by atoms with van der Waals surface area (Å²) in [6.07, 6.45) is 3.16. The van der Waals surface area contributed by atoms with Gasteiger partial charge in [-0.15, -0.1) is 0 Å². The second kappa shape index (κ2) is 5.90. The molecular formula is C13H18ClN5O3S. The molecule has 0 N–H and O–H groups in total. The topological polar surface area (TPSA) is 82.2 Å². The van der Waals surface area contributed by atoms with Crippen LogP contribution in [0.25, 0.3) is 0 Å². The molecule has 0 aliphatic carbocycles. The zero-order valence-corrected chi connectivity index (χ0v) is 14.7. The minimum Gasteiger partial charge on any atom is -0.371 e. The number of hydrogen-bond donors (Lipinski definition) is 0. The molecule has 8 nitrogen and oxygen atoms in total. The highest BCUT2D eigenvalue weighted by Gasteiger charge is 2.35. The van der Waals surface area contributed by atoms with Crippen LogP contribution in [0.3, 0.4) is 0 Å². The molecule has 3 rings (SSSR count). The lowest BCUT2D eigenvalue weighted by atomic mass is 10.2. The van der Waals surface area contributed by atoms with Crippen LogP contribution in [0.1, 0.15) is 17.4 Å². The molecular weight excluding hydrogens is 342 g/mol. The van der Waals surface area contributed by atoms with Crippen LogP contribution in [0.5, 0.6) is 0 Å². The maximum Gasteiger partial charge on any atom is 0.248 e. The fraction of sp³-hybridized carbons (Fsp3) is 0.538. The maximum atomic E-state index is 12.9. The molecule has 0 aromatic carbocycles. The van der Waals surface area contributed by atoms with Gasteiger partial charge in [0.05, 0.1) is 24.6 Å². The molecule has 126 valence electrons. The van der Waals surface area contributed by atoms with Crippen molar-refractivity contribution in [2.75, 3.05) is 19.7 Å². The van der Waals surface area contributed by atoms with Crippen LogP contribution in [0.15, 0.2) is 17.3 Å². The molecule has 0 radical (unpaired) electrons. The third kappa shape index (κ3) is 2.89. The molecule has 1 atom stereocenters. The van der Waals surface area contributed by atoms with E-state index in [0.29, 0.717) is 12.3 Å². The zero-order valence-electron chi connectivity index (χ0n) is 13.1. The van der Waals surface area contributed by atoms with Gasteiger partial charge in [-0.1, -0.05) is 11.6 Å². The van der Waals surface area contributed by atoms with E-state index in [-0.39, 0.29) is 29.2 Å². The molecule has 1 aliphatic rings. The van der Waals surface area contributed by atoms with Crippen molar-refractivity contribution in [1.82, 2.24) is 23.9 Å². The molecule has 1 aliphatic heterocycles. The van der Waals surface area contributed by atoms with Crippen molar-refractivity contribution in [2.24, 2.45) is 14.1 Å². The summed E-state index contributed by atoms with van der Waals surface area (Å²) in [5.41, 5.74) is 1.24. The molecule has 0 spiro atoms. The molecule has 23 heavy (non-hydrogen) atoms. The molecule has 0 amide bonds. The van der Waals surface area contributed by atoms with Crippen molar-refractivity contribution in [3.8, 4) is 0 Å². The van der Waals surface area contributed by atoms with Crippen LogP contribution >= 0.6 is 11.6 Å². The zero-order chi connectivity index (χ0) is 16.8. The quantitative estimate of drug-likeness (QED) is 0.812. The van der Waals surface area contributed by atoms with Gasteiger partial charge in [0.2, 0.25) is 10.0 Å². The molecule has 3 heterocycles. The molecule has 2 aromatic rings. The summed E-state index contributed by atoms with van der Waals surface area (Å²) in [4.78, 5) is 0.0634. The predicted molar refractivity (Wildman–Crippen MR) is 83.6 cm³/mol. The van der Waals surface area contributed by atoms with E-state index < -0.39 is 10.0 Å². The first-order valence-electron chi connectivity index (χ1n) is 7.10. The average Bonchev–Trinajstić information content (AvgIpc) is 3.03. The van der Waals surface area contributed by atoms with E-state index in [1.165, 1.54) is 8.99 Å². The summed E-state index contributed by atoms with van der Waals surface area (Å²) in [5, 5.41) is 8.31. The number of nitrogens with zero attached hydrogens (tertiary/aromatic N) is 5. The summed E-state index contributed by atoms with van der Waals surface area (Å²) in [6, 6.07) is 0. The third-order valence-corrected chi connectivity index (χ3v) is 6.39. The van der Waals surface area contributed by atoms with Crippen molar-refractivity contribution in [1.29, 1.82) is 0 Å². The Balaban J connectivity index is 1.91. The Morgan fingerprint density at radius 1 is 1.39 bits per heavy atom. The highest BCUT2D eigenvalue weighted by Crippen LogP contribution is 2.31. The largest absolute Gasteiger partial charge is 0.371 e. The second-order valence-electron chi connectivity index (χ2n) is 5.50. The van der Waals surface area contributed by atoms with E-state index in [1.54, 1.807) is 31.9 Å². The smallest absolute Gasteiger partial charge is 0.248 e. The van der Waals surface area contributed by atoms with Gasteiger partial charge >= 0.3 is 0 Å². The van der Waals surface area contributed by atoms with E-state index in [0.717, 1.165) is 5.56 Å². The molecule has 1 saturated heterocycles. The number of rotatable bonds is 3. The summed E-state index contributed by atoms with van der Waals surface area (Å²) in [5.74, 6) is 0. The van der Waals surface area contributed by atoms with Crippen LogP contribution in [0.2, 0.25) is 5.15 Å². The first-order chi connectivity index (χ1) is 10.8. The fourth-order valence-corrected chi connectivity index (χ4v) is 4.82. The van der Waals surface area contributed by atoms with Crippen molar-refractivity contribution in [2.45, 2.75) is 17.9 Å². The average molecular weight is 360 g/mol. The van der Waals surface area contributed by atoms with Gasteiger partial charge in [-0.05, 0) is 6.92 Å². The van der Waals surface area contributed by atoms with Gasteiger partial charge in [0.25, 0.3) is 0 Å². The van der Waals surface area contributed by atoms with Crippen LogP contribution in [-0.2, 0) is 28.9 Å². The first kappa shape index (κ1) is 16.4. The van der Waals surface area contributed by atoms with E-state index in [2.05, 4.69) is 10.2 Å². The standard InChI is InChI=1S/C13H18ClN5O3S/c1-9-12(13(14)18(3)16-9)23(20,21)19-4-5-22-11(8-19)10-6-15-17(2)7-10/h6-7,11H,4-5,8H2,1-3H3. The summed E-state index contributed by atoms with van der Waals surface area (Å²) < 4.78 is 36.0.